The van der Waals surface area contributed by atoms with Crippen LogP contribution in [0.3, 0.4) is 0 Å². The molecule has 2 unspecified atom stereocenters. The number of nitrogens with one attached hydrogen (secondary N) is 1. The second-order valence-electron chi connectivity index (χ2n) is 7.05. The number of carbonyl (C=O) groups excluding carboxylic acids is 2. The number of methoxy groups -OCH3 is 1. The summed E-state index contributed by atoms with van der Waals surface area (Å²) in [5, 5.41) is 5.57. The van der Waals surface area contributed by atoms with Gasteiger partial charge < -0.3 is 15.0 Å². The zero-order chi connectivity index (χ0) is 17.3. The van der Waals surface area contributed by atoms with Gasteiger partial charge in [0.2, 0.25) is 5.91 Å². The highest BCUT2D eigenvalue weighted by atomic mass is 32.1. The maximum atomic E-state index is 12.5. The van der Waals surface area contributed by atoms with Gasteiger partial charge in [-0.3, -0.25) is 9.59 Å². The quantitative estimate of drug-likeness (QED) is 0.849. The fourth-order valence-corrected chi connectivity index (χ4v) is 4.17. The first kappa shape index (κ1) is 17.4. The SMILES string of the molecule is COCC(=O)N1CC(NC(=O)c2nc(C(C)C)cs2)C(C2CC2)C1. The first-order valence-electron chi connectivity index (χ1n) is 8.52. The van der Waals surface area contributed by atoms with Crippen LogP contribution in [0.4, 0.5) is 0 Å². The molecule has 0 radical (unpaired) electrons. The van der Waals surface area contributed by atoms with Gasteiger partial charge in [-0.2, -0.15) is 0 Å². The van der Waals surface area contributed by atoms with Crippen molar-refractivity contribution < 1.29 is 14.3 Å². The highest BCUT2D eigenvalue weighted by Crippen LogP contribution is 2.41. The van der Waals surface area contributed by atoms with Gasteiger partial charge in [-0.1, -0.05) is 13.8 Å². The monoisotopic (exact) mass is 351 g/mol. The van der Waals surface area contributed by atoms with E-state index >= 15 is 0 Å². The summed E-state index contributed by atoms with van der Waals surface area (Å²) in [6.07, 6.45) is 2.39. The molecule has 2 fully saturated rings. The Kier molecular flexibility index (Phi) is 5.20. The zero-order valence-corrected chi connectivity index (χ0v) is 15.3. The van der Waals surface area contributed by atoms with Crippen LogP contribution in [-0.4, -0.2) is 54.5 Å². The number of amides is 2. The van der Waals surface area contributed by atoms with E-state index in [2.05, 4.69) is 24.1 Å². The lowest BCUT2D eigenvalue weighted by molar-refractivity contribution is -0.134. The predicted octanol–water partition coefficient (Wildman–Crippen LogP) is 1.88. The van der Waals surface area contributed by atoms with Gasteiger partial charge in [0, 0.05) is 31.5 Å². The summed E-state index contributed by atoms with van der Waals surface area (Å²) in [4.78, 5) is 30.9. The number of hydrogen-bond donors (Lipinski definition) is 1. The van der Waals surface area contributed by atoms with Crippen LogP contribution >= 0.6 is 11.3 Å². The number of aromatic nitrogens is 1. The lowest BCUT2D eigenvalue weighted by atomic mass is 9.98. The minimum atomic E-state index is -0.122. The van der Waals surface area contributed by atoms with Crippen molar-refractivity contribution >= 4 is 23.2 Å². The Morgan fingerprint density at radius 2 is 2.17 bits per heavy atom. The third-order valence-electron chi connectivity index (χ3n) is 4.84. The highest BCUT2D eigenvalue weighted by Gasteiger charge is 2.44. The van der Waals surface area contributed by atoms with Crippen LogP contribution in [0.1, 0.15) is 48.1 Å². The molecule has 1 aromatic heterocycles. The minimum absolute atomic E-state index is 0.00348. The third-order valence-corrected chi connectivity index (χ3v) is 5.70. The van der Waals surface area contributed by atoms with Crippen molar-refractivity contribution in [3.63, 3.8) is 0 Å². The Balaban J connectivity index is 1.65. The Labute approximate surface area is 146 Å². The molecule has 6 nitrogen and oxygen atoms in total. The standard InChI is InChI=1S/C17H25N3O3S/c1-10(2)14-9-24-17(19-14)16(22)18-13-7-20(15(21)8-23-3)6-12(13)11-4-5-11/h9-13H,4-8H2,1-3H3,(H,18,22). The molecule has 0 bridgehead atoms. The Morgan fingerprint density at radius 1 is 1.42 bits per heavy atom. The summed E-state index contributed by atoms with van der Waals surface area (Å²) < 4.78 is 4.95. The molecule has 0 aromatic carbocycles. The Bertz CT molecular complexity index is 612. The number of carbonyl (C=O) groups is 2. The van der Waals surface area contributed by atoms with E-state index in [4.69, 9.17) is 4.74 Å². The lowest BCUT2D eigenvalue weighted by Crippen LogP contribution is -2.41. The van der Waals surface area contributed by atoms with Crippen LogP contribution < -0.4 is 5.32 Å². The van der Waals surface area contributed by atoms with Gasteiger partial charge in [0.15, 0.2) is 5.01 Å². The summed E-state index contributed by atoms with van der Waals surface area (Å²) in [7, 11) is 1.53. The number of likely N-dealkylation sites (tertiary alicyclic amines) is 1. The van der Waals surface area contributed by atoms with E-state index in [1.807, 2.05) is 10.3 Å². The van der Waals surface area contributed by atoms with E-state index in [0.29, 0.717) is 35.9 Å². The average Bonchev–Trinajstić information content (AvgIpc) is 3.10. The third kappa shape index (κ3) is 3.78. The smallest absolute Gasteiger partial charge is 0.280 e. The van der Waals surface area contributed by atoms with Crippen molar-refractivity contribution in [3.05, 3.63) is 16.1 Å². The maximum absolute atomic E-state index is 12.5. The summed E-state index contributed by atoms with van der Waals surface area (Å²) in [5.41, 5.74) is 0.951. The van der Waals surface area contributed by atoms with Crippen molar-refractivity contribution in [2.24, 2.45) is 11.8 Å². The first-order chi connectivity index (χ1) is 11.5. The highest BCUT2D eigenvalue weighted by molar-refractivity contribution is 7.11. The van der Waals surface area contributed by atoms with Gasteiger partial charge >= 0.3 is 0 Å². The fraction of sp³-hybridized carbons (Fsp3) is 0.706. The second kappa shape index (κ2) is 7.19. The molecule has 2 amide bonds. The number of ether oxygens (including phenoxy) is 1. The van der Waals surface area contributed by atoms with Crippen molar-refractivity contribution in [3.8, 4) is 0 Å². The van der Waals surface area contributed by atoms with Gasteiger partial charge in [0.1, 0.15) is 6.61 Å². The van der Waals surface area contributed by atoms with E-state index in [-0.39, 0.29) is 24.5 Å². The molecular formula is C17H25N3O3S. The van der Waals surface area contributed by atoms with Gasteiger partial charge in [-0.25, -0.2) is 4.98 Å². The number of thiazole rings is 1. The molecule has 1 saturated heterocycles. The Hall–Kier alpha value is -1.47. The predicted molar refractivity (Wildman–Crippen MR) is 92.1 cm³/mol. The van der Waals surface area contributed by atoms with Gasteiger partial charge in [-0.05, 0) is 24.7 Å². The largest absolute Gasteiger partial charge is 0.375 e. The summed E-state index contributed by atoms with van der Waals surface area (Å²) in [6.45, 7) is 5.51. The number of nitrogens with zero attached hydrogens (tertiary/aromatic N) is 2. The molecule has 7 heteroatoms. The molecule has 2 heterocycles. The Morgan fingerprint density at radius 3 is 2.75 bits per heavy atom. The molecule has 0 spiro atoms. The molecular weight excluding hydrogens is 326 g/mol. The van der Waals surface area contributed by atoms with Crippen LogP contribution in [0.2, 0.25) is 0 Å². The average molecular weight is 351 g/mol. The van der Waals surface area contributed by atoms with Crippen LogP contribution in [0, 0.1) is 11.8 Å². The topological polar surface area (TPSA) is 71.5 Å². The van der Waals surface area contributed by atoms with Crippen molar-refractivity contribution in [1.82, 2.24) is 15.2 Å². The fourth-order valence-electron chi connectivity index (χ4n) is 3.29. The zero-order valence-electron chi connectivity index (χ0n) is 14.4. The molecule has 24 heavy (non-hydrogen) atoms. The molecule has 1 aliphatic heterocycles. The van der Waals surface area contributed by atoms with Gasteiger partial charge in [0.05, 0.1) is 11.7 Å². The van der Waals surface area contributed by atoms with Crippen LogP contribution in [0.15, 0.2) is 5.38 Å². The van der Waals surface area contributed by atoms with Crippen LogP contribution in [0.5, 0.6) is 0 Å². The maximum Gasteiger partial charge on any atom is 0.280 e. The second-order valence-corrected chi connectivity index (χ2v) is 7.90. The lowest BCUT2D eigenvalue weighted by Gasteiger charge is -2.18. The molecule has 2 aliphatic rings. The van der Waals surface area contributed by atoms with Gasteiger partial charge in [0.25, 0.3) is 5.91 Å². The molecule has 1 aromatic rings. The summed E-state index contributed by atoms with van der Waals surface area (Å²) in [5.74, 6) is 1.16. The number of hydrogen-bond acceptors (Lipinski definition) is 5. The summed E-state index contributed by atoms with van der Waals surface area (Å²) >= 11 is 1.39. The van der Waals surface area contributed by atoms with E-state index in [9.17, 15) is 9.59 Å². The molecule has 1 aliphatic carbocycles. The molecule has 1 saturated carbocycles. The normalized spacial score (nSPS) is 23.8. The van der Waals surface area contributed by atoms with E-state index in [1.165, 1.54) is 31.3 Å². The molecule has 2 atom stereocenters. The van der Waals surface area contributed by atoms with Crippen LogP contribution in [0.25, 0.3) is 0 Å². The minimum Gasteiger partial charge on any atom is -0.375 e. The molecule has 3 rings (SSSR count). The number of rotatable bonds is 6. The van der Waals surface area contributed by atoms with Crippen LogP contribution in [-0.2, 0) is 9.53 Å². The van der Waals surface area contributed by atoms with E-state index < -0.39 is 0 Å². The molecule has 132 valence electrons. The van der Waals surface area contributed by atoms with Gasteiger partial charge in [-0.15, -0.1) is 11.3 Å². The van der Waals surface area contributed by atoms with Crippen molar-refractivity contribution in [2.45, 2.75) is 38.6 Å². The van der Waals surface area contributed by atoms with E-state index in [1.54, 1.807) is 0 Å². The first-order valence-corrected chi connectivity index (χ1v) is 9.40. The summed E-state index contributed by atoms with van der Waals surface area (Å²) in [6, 6.07) is 0.0113. The molecule has 1 N–H and O–H groups in total. The van der Waals surface area contributed by atoms with E-state index in [0.717, 1.165) is 5.69 Å². The van der Waals surface area contributed by atoms with Crippen molar-refractivity contribution in [1.29, 1.82) is 0 Å². The van der Waals surface area contributed by atoms with Crippen molar-refractivity contribution in [2.75, 3.05) is 26.8 Å².